The van der Waals surface area contributed by atoms with Gasteiger partial charge >= 0.3 is 0 Å². The fourth-order valence-electron chi connectivity index (χ4n) is 3.03. The third-order valence-electron chi connectivity index (χ3n) is 4.26. The summed E-state index contributed by atoms with van der Waals surface area (Å²) in [5.41, 5.74) is 1.76. The highest BCUT2D eigenvalue weighted by molar-refractivity contribution is 7.91. The maximum absolute atomic E-state index is 12.7. The molecule has 1 aromatic heterocycles. The molecule has 3 aromatic rings. The van der Waals surface area contributed by atoms with Gasteiger partial charge in [-0.2, -0.15) is 0 Å². The number of sulfone groups is 1. The average Bonchev–Trinajstić information content (AvgIpc) is 3.05. The number of rotatable bonds is 3. The van der Waals surface area contributed by atoms with Crippen molar-refractivity contribution >= 4 is 44.4 Å². The van der Waals surface area contributed by atoms with Crippen LogP contribution in [0.4, 0.5) is 5.69 Å². The molecule has 0 saturated heterocycles. The second-order valence-electron chi connectivity index (χ2n) is 6.02. The second kappa shape index (κ2) is 6.67. The molecule has 8 heteroatoms. The van der Waals surface area contributed by atoms with E-state index in [-0.39, 0.29) is 16.6 Å². The van der Waals surface area contributed by atoms with Crippen LogP contribution in [0.3, 0.4) is 0 Å². The second-order valence-corrected chi connectivity index (χ2v) is 9.47. The van der Waals surface area contributed by atoms with Crippen LogP contribution in [0, 0.1) is 0 Å². The van der Waals surface area contributed by atoms with Gasteiger partial charge in [-0.1, -0.05) is 29.8 Å². The van der Waals surface area contributed by atoms with E-state index in [1.54, 1.807) is 36.4 Å². The van der Waals surface area contributed by atoms with Crippen LogP contribution in [0.2, 0.25) is 5.02 Å². The fourth-order valence-corrected chi connectivity index (χ4v) is 6.14. The number of benzene rings is 2. The summed E-state index contributed by atoms with van der Waals surface area (Å²) in [6.07, 6.45) is 0. The number of amides is 1. The standard InChI is InChI=1S/C19H14ClNO4S2/c1-25-15-5-3-2-4-14(15)21-19(22)16-8-11-10-27(23,24)17-9-12(20)6-7-13(17)18(11)26-16/h2-9H,10H2,1H3,(H,21,22). The van der Waals surface area contributed by atoms with Gasteiger partial charge in [0.25, 0.3) is 5.91 Å². The minimum Gasteiger partial charge on any atom is -0.495 e. The Morgan fingerprint density at radius 3 is 2.74 bits per heavy atom. The minimum absolute atomic E-state index is 0.145. The summed E-state index contributed by atoms with van der Waals surface area (Å²) in [4.78, 5) is 14.1. The zero-order valence-corrected chi connectivity index (χ0v) is 16.5. The Morgan fingerprint density at radius 1 is 1.19 bits per heavy atom. The molecule has 0 bridgehead atoms. The van der Waals surface area contributed by atoms with Crippen LogP contribution in [-0.4, -0.2) is 21.4 Å². The van der Waals surface area contributed by atoms with Gasteiger partial charge in [0.2, 0.25) is 0 Å². The van der Waals surface area contributed by atoms with Crippen molar-refractivity contribution in [3.05, 3.63) is 64.0 Å². The molecule has 0 radical (unpaired) electrons. The molecule has 2 aromatic carbocycles. The monoisotopic (exact) mass is 419 g/mol. The molecule has 1 aliphatic heterocycles. The first-order chi connectivity index (χ1) is 12.9. The Kier molecular flexibility index (Phi) is 4.46. The lowest BCUT2D eigenvalue weighted by Gasteiger charge is -2.16. The Labute approximate surface area is 165 Å². The molecule has 0 saturated carbocycles. The maximum Gasteiger partial charge on any atom is 0.265 e. The molecule has 0 aliphatic carbocycles. The molecule has 0 spiro atoms. The van der Waals surface area contributed by atoms with Gasteiger partial charge in [-0.05, 0) is 35.9 Å². The number of methoxy groups -OCH3 is 1. The van der Waals surface area contributed by atoms with E-state index in [1.807, 2.05) is 6.07 Å². The van der Waals surface area contributed by atoms with E-state index >= 15 is 0 Å². The SMILES string of the molecule is COc1ccccc1NC(=O)c1cc2c(s1)-c1ccc(Cl)cc1S(=O)(=O)C2. The van der Waals surface area contributed by atoms with E-state index in [2.05, 4.69) is 5.32 Å². The third kappa shape index (κ3) is 3.22. The minimum atomic E-state index is -3.49. The van der Waals surface area contributed by atoms with E-state index in [0.717, 1.165) is 4.88 Å². The number of nitrogens with one attached hydrogen (secondary N) is 1. The fraction of sp³-hybridized carbons (Fsp3) is 0.105. The van der Waals surface area contributed by atoms with Crippen LogP contribution in [0.25, 0.3) is 10.4 Å². The molecule has 1 amide bonds. The summed E-state index contributed by atoms with van der Waals surface area (Å²) < 4.78 is 30.4. The lowest BCUT2D eigenvalue weighted by molar-refractivity contribution is 0.103. The lowest BCUT2D eigenvalue weighted by Crippen LogP contribution is -2.12. The molecule has 27 heavy (non-hydrogen) atoms. The van der Waals surface area contributed by atoms with Crippen molar-refractivity contribution in [3.8, 4) is 16.2 Å². The zero-order valence-electron chi connectivity index (χ0n) is 14.2. The summed E-state index contributed by atoms with van der Waals surface area (Å²) in [7, 11) is -1.96. The van der Waals surface area contributed by atoms with Crippen LogP contribution < -0.4 is 10.1 Å². The highest BCUT2D eigenvalue weighted by Gasteiger charge is 2.31. The number of carbonyl (C=O) groups is 1. The van der Waals surface area contributed by atoms with E-state index in [0.29, 0.717) is 32.5 Å². The molecule has 0 atom stereocenters. The zero-order chi connectivity index (χ0) is 19.2. The Bertz CT molecular complexity index is 1170. The van der Waals surface area contributed by atoms with Crippen LogP contribution in [0.15, 0.2) is 53.4 Å². The van der Waals surface area contributed by atoms with Crippen molar-refractivity contribution in [2.75, 3.05) is 12.4 Å². The van der Waals surface area contributed by atoms with Gasteiger partial charge in [-0.15, -0.1) is 11.3 Å². The summed E-state index contributed by atoms with van der Waals surface area (Å²) in [6.45, 7) is 0. The summed E-state index contributed by atoms with van der Waals surface area (Å²) in [5.74, 6) is 0.0928. The van der Waals surface area contributed by atoms with Crippen molar-refractivity contribution in [2.24, 2.45) is 0 Å². The van der Waals surface area contributed by atoms with Crippen LogP contribution >= 0.6 is 22.9 Å². The van der Waals surface area contributed by atoms with Gasteiger partial charge < -0.3 is 10.1 Å². The highest BCUT2D eigenvalue weighted by atomic mass is 35.5. The lowest BCUT2D eigenvalue weighted by atomic mass is 10.1. The van der Waals surface area contributed by atoms with E-state index < -0.39 is 9.84 Å². The van der Waals surface area contributed by atoms with E-state index in [1.165, 1.54) is 24.5 Å². The number of anilines is 1. The molecular formula is C19H14ClNO4S2. The topological polar surface area (TPSA) is 72.5 Å². The smallest absolute Gasteiger partial charge is 0.265 e. The first-order valence-electron chi connectivity index (χ1n) is 7.99. The van der Waals surface area contributed by atoms with Gasteiger partial charge in [-0.25, -0.2) is 8.42 Å². The van der Waals surface area contributed by atoms with Crippen LogP contribution in [-0.2, 0) is 15.6 Å². The summed E-state index contributed by atoms with van der Waals surface area (Å²) >= 11 is 7.23. The molecule has 0 unspecified atom stereocenters. The van der Waals surface area contributed by atoms with Gasteiger partial charge in [0, 0.05) is 15.5 Å². The molecule has 5 nitrogen and oxygen atoms in total. The normalized spacial score (nSPS) is 14.1. The van der Waals surface area contributed by atoms with Crippen molar-refractivity contribution in [1.29, 1.82) is 0 Å². The predicted octanol–water partition coefficient (Wildman–Crippen LogP) is 4.62. The van der Waals surface area contributed by atoms with E-state index in [9.17, 15) is 13.2 Å². The van der Waals surface area contributed by atoms with Crippen LogP contribution in [0.5, 0.6) is 5.75 Å². The third-order valence-corrected chi connectivity index (χ3v) is 7.40. The maximum atomic E-state index is 12.7. The average molecular weight is 420 g/mol. The Hall–Kier alpha value is -2.35. The number of hydrogen-bond acceptors (Lipinski definition) is 5. The first-order valence-corrected chi connectivity index (χ1v) is 10.8. The Morgan fingerprint density at radius 2 is 1.96 bits per heavy atom. The van der Waals surface area contributed by atoms with Crippen molar-refractivity contribution in [1.82, 2.24) is 0 Å². The van der Waals surface area contributed by atoms with E-state index in [4.69, 9.17) is 16.3 Å². The largest absolute Gasteiger partial charge is 0.495 e. The number of carbonyl (C=O) groups excluding carboxylic acids is 1. The number of ether oxygens (including phenoxy) is 1. The molecular weight excluding hydrogens is 406 g/mol. The number of hydrogen-bond donors (Lipinski definition) is 1. The molecule has 1 N–H and O–H groups in total. The summed E-state index contributed by atoms with van der Waals surface area (Å²) in [6, 6.07) is 13.5. The van der Waals surface area contributed by atoms with Gasteiger partial charge in [0.15, 0.2) is 9.84 Å². The molecule has 1 aliphatic rings. The van der Waals surface area contributed by atoms with Crippen molar-refractivity contribution in [3.63, 3.8) is 0 Å². The number of fused-ring (bicyclic) bond motifs is 3. The molecule has 0 fully saturated rings. The number of para-hydroxylation sites is 2. The van der Waals surface area contributed by atoms with Crippen LogP contribution in [0.1, 0.15) is 15.2 Å². The van der Waals surface area contributed by atoms with Gasteiger partial charge in [0.1, 0.15) is 5.75 Å². The van der Waals surface area contributed by atoms with Gasteiger partial charge in [-0.3, -0.25) is 4.79 Å². The molecule has 138 valence electrons. The number of halogens is 1. The number of thiophene rings is 1. The van der Waals surface area contributed by atoms with Crippen molar-refractivity contribution < 1.29 is 17.9 Å². The Balaban J connectivity index is 1.73. The van der Waals surface area contributed by atoms with Gasteiger partial charge in [0.05, 0.1) is 28.3 Å². The first kappa shape index (κ1) is 18.0. The highest BCUT2D eigenvalue weighted by Crippen LogP contribution is 2.43. The predicted molar refractivity (Wildman–Crippen MR) is 107 cm³/mol. The molecule has 4 rings (SSSR count). The quantitative estimate of drug-likeness (QED) is 0.672. The summed E-state index contributed by atoms with van der Waals surface area (Å²) in [5, 5.41) is 3.18. The molecule has 2 heterocycles. The van der Waals surface area contributed by atoms with Crippen molar-refractivity contribution in [2.45, 2.75) is 10.6 Å².